The van der Waals surface area contributed by atoms with E-state index in [4.69, 9.17) is 11.6 Å². The third-order valence-corrected chi connectivity index (χ3v) is 5.33. The van der Waals surface area contributed by atoms with Gasteiger partial charge in [-0.1, -0.05) is 54.1 Å². The van der Waals surface area contributed by atoms with E-state index in [1.54, 1.807) is 36.4 Å². The molecule has 0 unspecified atom stereocenters. The minimum atomic E-state index is -1.95. The summed E-state index contributed by atoms with van der Waals surface area (Å²) in [5.41, 5.74) is -0.610. The second-order valence-corrected chi connectivity index (χ2v) is 7.32. The average molecular weight is 392 g/mol. The van der Waals surface area contributed by atoms with Crippen LogP contribution in [-0.2, 0) is 10.4 Å². The van der Waals surface area contributed by atoms with E-state index in [0.717, 1.165) is 10.8 Å². The molecule has 5 heteroatoms. The molecule has 0 radical (unpaired) electrons. The number of fused-ring (bicyclic) bond motifs is 2. The summed E-state index contributed by atoms with van der Waals surface area (Å²) in [6.07, 6.45) is 1.22. The number of aliphatic hydroxyl groups is 1. The molecule has 0 aromatic heterocycles. The number of ketones is 1. The summed E-state index contributed by atoms with van der Waals surface area (Å²) in [6, 6.07) is 17.9. The number of hydrogen-bond donors (Lipinski definition) is 1. The quantitative estimate of drug-likeness (QED) is 0.515. The number of anilines is 1. The van der Waals surface area contributed by atoms with Crippen LogP contribution in [0.25, 0.3) is 10.8 Å². The van der Waals surface area contributed by atoms with E-state index < -0.39 is 11.5 Å². The minimum Gasteiger partial charge on any atom is -0.375 e. The first kappa shape index (κ1) is 18.4. The fourth-order valence-corrected chi connectivity index (χ4v) is 3.87. The van der Waals surface area contributed by atoms with Gasteiger partial charge in [0.2, 0.25) is 0 Å². The van der Waals surface area contributed by atoms with E-state index in [-0.39, 0.29) is 18.7 Å². The zero-order valence-electron chi connectivity index (χ0n) is 15.1. The molecule has 0 bridgehead atoms. The maximum Gasteiger partial charge on any atom is 0.264 e. The summed E-state index contributed by atoms with van der Waals surface area (Å²) in [6.45, 7) is 3.90. The van der Waals surface area contributed by atoms with Gasteiger partial charge in [-0.05, 0) is 35.0 Å². The first-order chi connectivity index (χ1) is 13.4. The monoisotopic (exact) mass is 391 g/mol. The van der Waals surface area contributed by atoms with Crippen LogP contribution in [0.2, 0.25) is 5.02 Å². The Morgan fingerprint density at radius 3 is 2.61 bits per heavy atom. The van der Waals surface area contributed by atoms with Crippen molar-refractivity contribution >= 4 is 39.8 Å². The van der Waals surface area contributed by atoms with Gasteiger partial charge in [-0.15, -0.1) is 6.58 Å². The Morgan fingerprint density at radius 1 is 1.11 bits per heavy atom. The van der Waals surface area contributed by atoms with Crippen LogP contribution in [0.4, 0.5) is 5.69 Å². The number of carbonyl (C=O) groups is 2. The van der Waals surface area contributed by atoms with Crippen molar-refractivity contribution in [3.63, 3.8) is 0 Å². The predicted molar refractivity (Wildman–Crippen MR) is 111 cm³/mol. The van der Waals surface area contributed by atoms with Gasteiger partial charge in [0.05, 0.1) is 12.1 Å². The summed E-state index contributed by atoms with van der Waals surface area (Å²) in [5.74, 6) is -0.855. The van der Waals surface area contributed by atoms with E-state index in [1.165, 1.54) is 4.90 Å². The maximum atomic E-state index is 13.0. The average Bonchev–Trinajstić information content (AvgIpc) is 2.89. The molecule has 3 aromatic rings. The lowest BCUT2D eigenvalue weighted by Crippen LogP contribution is -2.41. The van der Waals surface area contributed by atoms with Crippen molar-refractivity contribution in [2.45, 2.75) is 12.0 Å². The van der Waals surface area contributed by atoms with Gasteiger partial charge in [-0.3, -0.25) is 9.59 Å². The SMILES string of the molecule is C=CCN1C(=O)[C@](O)(CC(=O)c2ccc3ccccc3c2)c2cc(Cl)ccc21. The molecule has 1 amide bonds. The zero-order chi connectivity index (χ0) is 19.9. The van der Waals surface area contributed by atoms with Gasteiger partial charge in [0.15, 0.2) is 11.4 Å². The molecule has 140 valence electrons. The van der Waals surface area contributed by atoms with Crippen LogP contribution < -0.4 is 4.90 Å². The van der Waals surface area contributed by atoms with E-state index in [9.17, 15) is 14.7 Å². The lowest BCUT2D eigenvalue weighted by Gasteiger charge is -2.22. The fraction of sp³-hybridized carbons (Fsp3) is 0.130. The Morgan fingerprint density at radius 2 is 1.86 bits per heavy atom. The normalized spacial score (nSPS) is 18.4. The first-order valence-electron chi connectivity index (χ1n) is 8.91. The highest BCUT2D eigenvalue weighted by Gasteiger charge is 2.50. The molecule has 0 saturated carbocycles. The highest BCUT2D eigenvalue weighted by atomic mass is 35.5. The number of Topliss-reactive ketones (excluding diaryl/α,β-unsaturated/α-hetero) is 1. The summed E-state index contributed by atoms with van der Waals surface area (Å²) in [5, 5.41) is 13.6. The summed E-state index contributed by atoms with van der Waals surface area (Å²) < 4.78 is 0. The molecule has 0 fully saturated rings. The van der Waals surface area contributed by atoms with Crippen LogP contribution in [0.5, 0.6) is 0 Å². The van der Waals surface area contributed by atoms with Gasteiger partial charge < -0.3 is 10.0 Å². The van der Waals surface area contributed by atoms with Gasteiger partial charge in [-0.25, -0.2) is 0 Å². The van der Waals surface area contributed by atoms with Gasteiger partial charge in [0.1, 0.15) is 0 Å². The van der Waals surface area contributed by atoms with Crippen LogP contribution in [0.15, 0.2) is 73.3 Å². The van der Waals surface area contributed by atoms with Crippen molar-refractivity contribution in [1.82, 2.24) is 0 Å². The van der Waals surface area contributed by atoms with Crippen molar-refractivity contribution in [1.29, 1.82) is 0 Å². The number of carbonyl (C=O) groups excluding carboxylic acids is 2. The molecule has 0 aliphatic carbocycles. The lowest BCUT2D eigenvalue weighted by atomic mass is 9.87. The van der Waals surface area contributed by atoms with Gasteiger partial charge >= 0.3 is 0 Å². The van der Waals surface area contributed by atoms with Crippen molar-refractivity contribution < 1.29 is 14.7 Å². The second-order valence-electron chi connectivity index (χ2n) is 6.89. The summed E-state index contributed by atoms with van der Waals surface area (Å²) in [4.78, 5) is 27.4. The Hall–Kier alpha value is -2.95. The zero-order valence-corrected chi connectivity index (χ0v) is 15.8. The van der Waals surface area contributed by atoms with Gasteiger partial charge in [-0.2, -0.15) is 0 Å². The topological polar surface area (TPSA) is 57.6 Å². The van der Waals surface area contributed by atoms with Crippen molar-refractivity contribution in [2.75, 3.05) is 11.4 Å². The number of amides is 1. The van der Waals surface area contributed by atoms with Crippen molar-refractivity contribution in [3.05, 3.63) is 89.5 Å². The second kappa shape index (κ2) is 6.89. The fourth-order valence-electron chi connectivity index (χ4n) is 3.70. The van der Waals surface area contributed by atoms with Crippen molar-refractivity contribution in [2.24, 2.45) is 0 Å². The Bertz CT molecular complexity index is 1120. The van der Waals surface area contributed by atoms with Gasteiger partial charge in [0, 0.05) is 22.7 Å². The highest BCUT2D eigenvalue weighted by molar-refractivity contribution is 6.31. The molecular formula is C23H18ClNO3. The third-order valence-electron chi connectivity index (χ3n) is 5.09. The smallest absolute Gasteiger partial charge is 0.264 e. The van der Waals surface area contributed by atoms with E-state index in [1.807, 2.05) is 30.3 Å². The molecule has 0 spiro atoms. The number of halogens is 1. The minimum absolute atomic E-state index is 0.236. The standard InChI is InChI=1S/C23H18ClNO3/c1-2-11-25-20-10-9-18(24)13-19(20)23(28,22(25)27)14-21(26)17-8-7-15-5-3-4-6-16(15)12-17/h2-10,12-13,28H,1,11,14H2/t23-/m0/s1. The third kappa shape index (κ3) is 2.91. The number of nitrogens with zero attached hydrogens (tertiary/aromatic N) is 1. The van der Waals surface area contributed by atoms with Gasteiger partial charge in [0.25, 0.3) is 5.91 Å². The summed E-state index contributed by atoms with van der Waals surface area (Å²) >= 11 is 6.10. The molecule has 1 aliphatic heterocycles. The number of hydrogen-bond acceptors (Lipinski definition) is 3. The lowest BCUT2D eigenvalue weighted by molar-refractivity contribution is -0.135. The van der Waals surface area contributed by atoms with Crippen LogP contribution >= 0.6 is 11.6 Å². The van der Waals surface area contributed by atoms with Crippen LogP contribution in [0.1, 0.15) is 22.3 Å². The van der Waals surface area contributed by atoms with E-state index >= 15 is 0 Å². The Kier molecular flexibility index (Phi) is 4.53. The van der Waals surface area contributed by atoms with Crippen LogP contribution in [0.3, 0.4) is 0 Å². The molecule has 3 aromatic carbocycles. The molecule has 1 aliphatic rings. The molecule has 28 heavy (non-hydrogen) atoms. The van der Waals surface area contributed by atoms with E-state index in [2.05, 4.69) is 6.58 Å². The molecule has 1 heterocycles. The molecule has 1 N–H and O–H groups in total. The molecule has 4 rings (SSSR count). The number of rotatable bonds is 5. The molecule has 0 saturated heterocycles. The maximum absolute atomic E-state index is 13.0. The Balaban J connectivity index is 1.73. The van der Waals surface area contributed by atoms with Crippen LogP contribution in [-0.4, -0.2) is 23.3 Å². The van der Waals surface area contributed by atoms with Crippen LogP contribution in [0, 0.1) is 0 Å². The summed E-state index contributed by atoms with van der Waals surface area (Å²) in [7, 11) is 0. The van der Waals surface area contributed by atoms with Crippen molar-refractivity contribution in [3.8, 4) is 0 Å². The predicted octanol–water partition coefficient (Wildman–Crippen LogP) is 4.49. The largest absolute Gasteiger partial charge is 0.375 e. The molecule has 4 nitrogen and oxygen atoms in total. The molecule has 1 atom stereocenters. The molecular weight excluding hydrogens is 374 g/mol. The highest BCUT2D eigenvalue weighted by Crippen LogP contribution is 2.44. The van der Waals surface area contributed by atoms with E-state index in [0.29, 0.717) is 21.8 Å². The number of benzene rings is 3. The Labute approximate surface area is 167 Å². The first-order valence-corrected chi connectivity index (χ1v) is 9.29.